The summed E-state index contributed by atoms with van der Waals surface area (Å²) in [5.41, 5.74) is 1.66. The Morgan fingerprint density at radius 3 is 3.00 bits per heavy atom. The molecule has 18 heavy (non-hydrogen) atoms. The van der Waals surface area contributed by atoms with Gasteiger partial charge in [-0.2, -0.15) is 5.26 Å². The summed E-state index contributed by atoms with van der Waals surface area (Å²) in [6.07, 6.45) is 1.89. The molecule has 0 aromatic heterocycles. The van der Waals surface area contributed by atoms with Crippen molar-refractivity contribution < 1.29 is 4.79 Å². The van der Waals surface area contributed by atoms with Gasteiger partial charge in [-0.05, 0) is 31.0 Å². The lowest BCUT2D eigenvalue weighted by Crippen LogP contribution is -2.36. The van der Waals surface area contributed by atoms with Gasteiger partial charge in [-0.25, -0.2) is 0 Å². The highest BCUT2D eigenvalue weighted by Crippen LogP contribution is 2.22. The summed E-state index contributed by atoms with van der Waals surface area (Å²) in [5, 5.41) is 9.06. The maximum absolute atomic E-state index is 11.7. The van der Waals surface area contributed by atoms with Crippen molar-refractivity contribution in [2.75, 3.05) is 12.4 Å². The normalized spacial score (nSPS) is 19.7. The van der Waals surface area contributed by atoms with Gasteiger partial charge in [0.15, 0.2) is 5.78 Å². The van der Waals surface area contributed by atoms with Crippen molar-refractivity contribution >= 4 is 17.4 Å². The van der Waals surface area contributed by atoms with Crippen LogP contribution in [0, 0.1) is 11.3 Å². The monoisotopic (exact) mass is 262 g/mol. The summed E-state index contributed by atoms with van der Waals surface area (Å²) in [7, 11) is 0. The third-order valence-corrected chi connectivity index (χ3v) is 3.64. The second-order valence-corrected chi connectivity index (χ2v) is 4.76. The van der Waals surface area contributed by atoms with Crippen molar-refractivity contribution in [3.8, 4) is 6.07 Å². The van der Waals surface area contributed by atoms with E-state index in [1.807, 2.05) is 24.3 Å². The number of carbonyl (C=O) groups is 1. The Bertz CT molecular complexity index is 481. The van der Waals surface area contributed by atoms with E-state index in [1.54, 1.807) is 0 Å². The summed E-state index contributed by atoms with van der Waals surface area (Å²) >= 11 is 5.63. The molecule has 0 saturated carbocycles. The largest absolute Gasteiger partial charge is 0.297 e. The van der Waals surface area contributed by atoms with Gasteiger partial charge in [-0.15, -0.1) is 11.6 Å². The first-order valence-corrected chi connectivity index (χ1v) is 6.60. The molecule has 1 saturated heterocycles. The van der Waals surface area contributed by atoms with E-state index in [-0.39, 0.29) is 17.7 Å². The standard InChI is InChI=1S/C14H15ClN2O/c15-8-14(18)13-6-3-7-17(13)10-12-5-2-1-4-11(12)9-16/h1-2,4-5,13H,3,6-8,10H2. The molecule has 1 heterocycles. The zero-order chi connectivity index (χ0) is 13.0. The minimum atomic E-state index is -0.0748. The molecule has 1 aromatic rings. The first-order valence-electron chi connectivity index (χ1n) is 6.07. The highest BCUT2D eigenvalue weighted by Gasteiger charge is 2.29. The molecule has 0 spiro atoms. The average molecular weight is 263 g/mol. The van der Waals surface area contributed by atoms with Crippen LogP contribution in [0.4, 0.5) is 0 Å². The van der Waals surface area contributed by atoms with Gasteiger partial charge in [0.2, 0.25) is 0 Å². The third kappa shape index (κ3) is 2.72. The van der Waals surface area contributed by atoms with Gasteiger partial charge in [0, 0.05) is 6.54 Å². The van der Waals surface area contributed by atoms with Gasteiger partial charge in [-0.1, -0.05) is 18.2 Å². The number of Topliss-reactive ketones (excluding diaryl/α,β-unsaturated/α-hetero) is 1. The highest BCUT2D eigenvalue weighted by molar-refractivity contribution is 6.28. The smallest absolute Gasteiger partial charge is 0.164 e. The second-order valence-electron chi connectivity index (χ2n) is 4.50. The Morgan fingerprint density at radius 1 is 1.50 bits per heavy atom. The van der Waals surface area contributed by atoms with Crippen LogP contribution in [0.25, 0.3) is 0 Å². The predicted octanol–water partition coefficient (Wildman–Crippen LogP) is 2.33. The van der Waals surface area contributed by atoms with Gasteiger partial charge in [0.1, 0.15) is 0 Å². The number of nitriles is 1. The van der Waals surface area contributed by atoms with E-state index in [1.165, 1.54) is 0 Å². The minimum Gasteiger partial charge on any atom is -0.297 e. The maximum Gasteiger partial charge on any atom is 0.164 e. The molecule has 0 bridgehead atoms. The molecular weight excluding hydrogens is 248 g/mol. The Morgan fingerprint density at radius 2 is 2.28 bits per heavy atom. The number of ketones is 1. The van der Waals surface area contributed by atoms with Crippen LogP contribution in [0.1, 0.15) is 24.0 Å². The fraction of sp³-hybridized carbons (Fsp3) is 0.429. The Balaban J connectivity index is 2.13. The number of benzene rings is 1. The molecular formula is C14H15ClN2O. The number of hydrogen-bond donors (Lipinski definition) is 0. The number of rotatable bonds is 4. The quantitative estimate of drug-likeness (QED) is 0.783. The summed E-state index contributed by atoms with van der Waals surface area (Å²) in [6, 6.07) is 9.64. The molecule has 1 aliphatic rings. The number of halogens is 1. The molecule has 0 amide bonds. The number of hydrogen-bond acceptors (Lipinski definition) is 3. The molecule has 1 atom stereocenters. The molecule has 3 nitrogen and oxygen atoms in total. The first kappa shape index (κ1) is 13.1. The second kappa shape index (κ2) is 5.99. The summed E-state index contributed by atoms with van der Waals surface area (Å²) < 4.78 is 0. The molecule has 4 heteroatoms. The summed E-state index contributed by atoms with van der Waals surface area (Å²) in [4.78, 5) is 13.9. The van der Waals surface area contributed by atoms with Crippen molar-refractivity contribution in [1.82, 2.24) is 4.90 Å². The molecule has 0 aliphatic carbocycles. The minimum absolute atomic E-state index is 0.0705. The molecule has 2 rings (SSSR count). The number of alkyl halides is 1. The Kier molecular flexibility index (Phi) is 4.35. The first-order chi connectivity index (χ1) is 8.76. The van der Waals surface area contributed by atoms with Crippen molar-refractivity contribution in [3.05, 3.63) is 35.4 Å². The van der Waals surface area contributed by atoms with Crippen LogP contribution in [0.5, 0.6) is 0 Å². The van der Waals surface area contributed by atoms with Crippen LogP contribution >= 0.6 is 11.6 Å². The van der Waals surface area contributed by atoms with Gasteiger partial charge in [-0.3, -0.25) is 9.69 Å². The Labute approximate surface area is 112 Å². The zero-order valence-electron chi connectivity index (χ0n) is 10.1. The highest BCUT2D eigenvalue weighted by atomic mass is 35.5. The van der Waals surface area contributed by atoms with Crippen LogP contribution in [-0.2, 0) is 11.3 Å². The van der Waals surface area contributed by atoms with Crippen molar-refractivity contribution in [1.29, 1.82) is 5.26 Å². The molecule has 0 radical (unpaired) electrons. The molecule has 1 aromatic carbocycles. The fourth-order valence-corrected chi connectivity index (χ4v) is 2.63. The van der Waals surface area contributed by atoms with E-state index >= 15 is 0 Å². The fourth-order valence-electron chi connectivity index (χ4n) is 2.46. The van der Waals surface area contributed by atoms with Gasteiger partial charge in [0.05, 0.1) is 23.6 Å². The van der Waals surface area contributed by atoms with E-state index in [4.69, 9.17) is 16.9 Å². The van der Waals surface area contributed by atoms with Gasteiger partial charge >= 0.3 is 0 Å². The zero-order valence-corrected chi connectivity index (χ0v) is 10.9. The van der Waals surface area contributed by atoms with E-state index < -0.39 is 0 Å². The molecule has 1 unspecified atom stereocenters. The summed E-state index contributed by atoms with van der Waals surface area (Å²) in [6.45, 7) is 1.55. The SMILES string of the molecule is N#Cc1ccccc1CN1CCCC1C(=O)CCl. The molecule has 1 fully saturated rings. The van der Waals surface area contributed by atoms with Crippen molar-refractivity contribution in [2.45, 2.75) is 25.4 Å². The van der Waals surface area contributed by atoms with E-state index in [0.29, 0.717) is 12.1 Å². The molecule has 1 aliphatic heterocycles. The number of nitrogens with zero attached hydrogens (tertiary/aromatic N) is 2. The van der Waals surface area contributed by atoms with Crippen LogP contribution in [0.2, 0.25) is 0 Å². The topological polar surface area (TPSA) is 44.1 Å². The third-order valence-electron chi connectivity index (χ3n) is 3.38. The van der Waals surface area contributed by atoms with Crippen molar-refractivity contribution in [2.24, 2.45) is 0 Å². The maximum atomic E-state index is 11.7. The van der Waals surface area contributed by atoms with E-state index in [9.17, 15) is 4.79 Å². The van der Waals surface area contributed by atoms with Gasteiger partial charge < -0.3 is 0 Å². The van der Waals surface area contributed by atoms with Crippen LogP contribution in [0.3, 0.4) is 0 Å². The van der Waals surface area contributed by atoms with Gasteiger partial charge in [0.25, 0.3) is 0 Å². The van der Waals surface area contributed by atoms with E-state index in [0.717, 1.165) is 24.9 Å². The molecule has 94 valence electrons. The van der Waals surface area contributed by atoms with E-state index in [2.05, 4.69) is 11.0 Å². The van der Waals surface area contributed by atoms with Crippen molar-refractivity contribution in [3.63, 3.8) is 0 Å². The number of carbonyl (C=O) groups excluding carboxylic acids is 1. The lowest BCUT2D eigenvalue weighted by molar-refractivity contribution is -0.121. The summed E-state index contributed by atoms with van der Waals surface area (Å²) in [5.74, 6) is 0.157. The average Bonchev–Trinajstić information content (AvgIpc) is 2.86. The van der Waals surface area contributed by atoms with Crippen LogP contribution in [0.15, 0.2) is 24.3 Å². The molecule has 0 N–H and O–H groups in total. The predicted molar refractivity (Wildman–Crippen MR) is 70.3 cm³/mol. The number of likely N-dealkylation sites (tertiary alicyclic amines) is 1. The lowest BCUT2D eigenvalue weighted by Gasteiger charge is -2.23. The lowest BCUT2D eigenvalue weighted by atomic mass is 10.1. The van der Waals surface area contributed by atoms with Crippen LogP contribution < -0.4 is 0 Å². The van der Waals surface area contributed by atoms with Crippen LogP contribution in [-0.4, -0.2) is 29.1 Å². The Hall–Kier alpha value is -1.37.